The third-order valence-electron chi connectivity index (χ3n) is 2.79. The summed E-state index contributed by atoms with van der Waals surface area (Å²) in [6, 6.07) is 10.3. The van der Waals surface area contributed by atoms with E-state index in [1.165, 1.54) is 22.3 Å². The zero-order chi connectivity index (χ0) is 12.3. The molecular weight excluding hydrogens is 226 g/mol. The van der Waals surface area contributed by atoms with Crippen LogP contribution in [0.4, 0.5) is 0 Å². The third kappa shape index (κ3) is 2.13. The van der Waals surface area contributed by atoms with Crippen LogP contribution >= 0.6 is 12.2 Å². The van der Waals surface area contributed by atoms with Crippen LogP contribution in [0.5, 0.6) is 0 Å². The molecule has 1 nitrogen and oxygen atoms in total. The number of hydrogen-bond acceptors (Lipinski definition) is 2. The number of pyridine rings is 1. The molecule has 86 valence electrons. The SMILES string of the molecule is CC.S=C1c2ccccc2Cc2cnccc21. The molecule has 0 bridgehead atoms. The number of thiocarbonyl (C=S) groups is 1. The largest absolute Gasteiger partial charge is 0.264 e. The van der Waals surface area contributed by atoms with E-state index in [9.17, 15) is 0 Å². The molecule has 0 fully saturated rings. The van der Waals surface area contributed by atoms with Crippen molar-refractivity contribution in [3.05, 3.63) is 65.0 Å². The van der Waals surface area contributed by atoms with Gasteiger partial charge in [0.1, 0.15) is 0 Å². The summed E-state index contributed by atoms with van der Waals surface area (Å²) in [5, 5.41) is 0. The van der Waals surface area contributed by atoms with E-state index < -0.39 is 0 Å². The first kappa shape index (κ1) is 11.9. The zero-order valence-electron chi connectivity index (χ0n) is 10.1. The van der Waals surface area contributed by atoms with Crippen molar-refractivity contribution in [1.29, 1.82) is 0 Å². The molecule has 0 spiro atoms. The van der Waals surface area contributed by atoms with E-state index in [2.05, 4.69) is 23.2 Å². The van der Waals surface area contributed by atoms with Crippen LogP contribution in [0.3, 0.4) is 0 Å². The van der Waals surface area contributed by atoms with Crippen LogP contribution in [-0.2, 0) is 6.42 Å². The summed E-state index contributed by atoms with van der Waals surface area (Å²) >= 11 is 5.49. The molecule has 0 unspecified atom stereocenters. The van der Waals surface area contributed by atoms with Gasteiger partial charge in [-0.15, -0.1) is 0 Å². The van der Waals surface area contributed by atoms with Gasteiger partial charge in [0.15, 0.2) is 0 Å². The average molecular weight is 241 g/mol. The van der Waals surface area contributed by atoms with Crippen LogP contribution in [-0.4, -0.2) is 9.85 Å². The molecule has 2 aromatic rings. The van der Waals surface area contributed by atoms with E-state index >= 15 is 0 Å². The molecule has 0 radical (unpaired) electrons. The van der Waals surface area contributed by atoms with E-state index in [1.807, 2.05) is 32.2 Å². The van der Waals surface area contributed by atoms with Gasteiger partial charge in [-0.1, -0.05) is 50.3 Å². The van der Waals surface area contributed by atoms with E-state index in [0.29, 0.717) is 0 Å². The fourth-order valence-corrected chi connectivity index (χ4v) is 2.43. The minimum Gasteiger partial charge on any atom is -0.264 e. The maximum absolute atomic E-state index is 5.49. The van der Waals surface area contributed by atoms with Crippen molar-refractivity contribution in [3.8, 4) is 0 Å². The molecule has 0 saturated heterocycles. The Morgan fingerprint density at radius 3 is 2.53 bits per heavy atom. The molecule has 1 aromatic heterocycles. The first-order valence-electron chi connectivity index (χ1n) is 5.92. The Balaban J connectivity index is 0.000000514. The van der Waals surface area contributed by atoms with Crippen LogP contribution in [0.25, 0.3) is 0 Å². The molecule has 0 saturated carbocycles. The number of hydrogen-bond donors (Lipinski definition) is 0. The Morgan fingerprint density at radius 1 is 1.00 bits per heavy atom. The van der Waals surface area contributed by atoms with Crippen molar-refractivity contribution in [1.82, 2.24) is 4.98 Å². The first-order chi connectivity index (χ1) is 8.36. The van der Waals surface area contributed by atoms with Gasteiger partial charge in [-0.2, -0.15) is 0 Å². The average Bonchev–Trinajstić information content (AvgIpc) is 2.41. The summed E-state index contributed by atoms with van der Waals surface area (Å²) in [6.07, 6.45) is 4.66. The van der Waals surface area contributed by atoms with E-state index in [4.69, 9.17) is 12.2 Å². The van der Waals surface area contributed by atoms with Crippen molar-refractivity contribution in [2.24, 2.45) is 0 Å². The minimum absolute atomic E-state index is 0.944. The third-order valence-corrected chi connectivity index (χ3v) is 3.23. The van der Waals surface area contributed by atoms with Crippen LogP contribution in [0.15, 0.2) is 42.7 Å². The predicted molar refractivity (Wildman–Crippen MR) is 75.6 cm³/mol. The molecular formula is C15H15NS. The quantitative estimate of drug-likeness (QED) is 0.556. The lowest BCUT2D eigenvalue weighted by molar-refractivity contribution is 1.12. The highest BCUT2D eigenvalue weighted by Gasteiger charge is 2.18. The highest BCUT2D eigenvalue weighted by molar-refractivity contribution is 7.81. The first-order valence-corrected chi connectivity index (χ1v) is 6.32. The molecule has 2 heteroatoms. The molecule has 1 aliphatic rings. The van der Waals surface area contributed by atoms with Crippen LogP contribution in [0.1, 0.15) is 36.1 Å². The van der Waals surface area contributed by atoms with Gasteiger partial charge in [0.2, 0.25) is 0 Å². The summed E-state index contributed by atoms with van der Waals surface area (Å²) in [4.78, 5) is 5.10. The fourth-order valence-electron chi connectivity index (χ4n) is 2.04. The maximum Gasteiger partial charge on any atom is 0.0528 e. The Kier molecular flexibility index (Phi) is 3.64. The van der Waals surface area contributed by atoms with Gasteiger partial charge in [-0.05, 0) is 28.3 Å². The summed E-state index contributed by atoms with van der Waals surface area (Å²) in [5.74, 6) is 0. The topological polar surface area (TPSA) is 12.9 Å². The fraction of sp³-hybridized carbons (Fsp3) is 0.200. The lowest BCUT2D eigenvalue weighted by Gasteiger charge is -2.19. The molecule has 0 aliphatic heterocycles. The highest BCUT2D eigenvalue weighted by Crippen LogP contribution is 2.26. The van der Waals surface area contributed by atoms with Crippen LogP contribution in [0, 0.1) is 0 Å². The second kappa shape index (κ2) is 5.19. The Morgan fingerprint density at radius 2 is 1.71 bits per heavy atom. The molecule has 0 amide bonds. The van der Waals surface area contributed by atoms with E-state index in [-0.39, 0.29) is 0 Å². The van der Waals surface area contributed by atoms with Crippen molar-refractivity contribution in [3.63, 3.8) is 0 Å². The van der Waals surface area contributed by atoms with Crippen LogP contribution < -0.4 is 0 Å². The lowest BCUT2D eigenvalue weighted by atomic mass is 9.87. The molecule has 1 heterocycles. The monoisotopic (exact) mass is 241 g/mol. The summed E-state index contributed by atoms with van der Waals surface area (Å²) in [7, 11) is 0. The highest BCUT2D eigenvalue weighted by atomic mass is 32.1. The van der Waals surface area contributed by atoms with Gasteiger partial charge in [0, 0.05) is 18.8 Å². The Bertz CT molecular complexity index is 499. The summed E-state index contributed by atoms with van der Waals surface area (Å²) < 4.78 is 0. The standard InChI is InChI=1S/C13H9NS.C2H6/c15-13-11-4-2-1-3-9(11)7-10-8-14-6-5-12(10)13;1-2/h1-6,8H,7H2;1-2H3. The van der Waals surface area contributed by atoms with Gasteiger partial charge in [-0.3, -0.25) is 4.98 Å². The normalized spacial score (nSPS) is 12.0. The van der Waals surface area contributed by atoms with Crippen LogP contribution in [0.2, 0.25) is 0 Å². The second-order valence-corrected chi connectivity index (χ2v) is 4.10. The number of benzene rings is 1. The summed E-state index contributed by atoms with van der Waals surface area (Å²) in [5.41, 5.74) is 4.91. The molecule has 1 aromatic carbocycles. The van der Waals surface area contributed by atoms with Gasteiger partial charge < -0.3 is 0 Å². The van der Waals surface area contributed by atoms with Gasteiger partial charge in [0.05, 0.1) is 4.86 Å². The number of rotatable bonds is 0. The molecule has 3 rings (SSSR count). The van der Waals surface area contributed by atoms with Gasteiger partial charge >= 0.3 is 0 Å². The molecule has 17 heavy (non-hydrogen) atoms. The van der Waals surface area contributed by atoms with Crippen molar-refractivity contribution >= 4 is 17.1 Å². The van der Waals surface area contributed by atoms with Crippen molar-refractivity contribution in [2.45, 2.75) is 20.3 Å². The van der Waals surface area contributed by atoms with Gasteiger partial charge in [-0.25, -0.2) is 0 Å². The minimum atomic E-state index is 0.944. The molecule has 1 aliphatic carbocycles. The maximum atomic E-state index is 5.49. The molecule has 0 N–H and O–H groups in total. The second-order valence-electron chi connectivity index (χ2n) is 3.70. The number of nitrogens with zero attached hydrogens (tertiary/aromatic N) is 1. The van der Waals surface area contributed by atoms with Crippen molar-refractivity contribution in [2.75, 3.05) is 0 Å². The van der Waals surface area contributed by atoms with E-state index in [1.54, 1.807) is 6.20 Å². The zero-order valence-corrected chi connectivity index (χ0v) is 10.9. The van der Waals surface area contributed by atoms with Gasteiger partial charge in [0.25, 0.3) is 0 Å². The molecule has 0 atom stereocenters. The smallest absolute Gasteiger partial charge is 0.0528 e. The number of fused-ring (bicyclic) bond motifs is 2. The predicted octanol–water partition coefficient (Wildman–Crippen LogP) is 3.78. The van der Waals surface area contributed by atoms with Crippen molar-refractivity contribution < 1.29 is 0 Å². The summed E-state index contributed by atoms with van der Waals surface area (Å²) in [6.45, 7) is 4.00. The Hall–Kier alpha value is -1.54. The van der Waals surface area contributed by atoms with E-state index in [0.717, 1.165) is 11.3 Å². The Labute approximate surface area is 108 Å². The lowest BCUT2D eigenvalue weighted by Crippen LogP contribution is -2.13. The number of aromatic nitrogens is 1.